The fourth-order valence-corrected chi connectivity index (χ4v) is 1.85. The Kier molecular flexibility index (Phi) is 9.20. The van der Waals surface area contributed by atoms with Gasteiger partial charge in [0.25, 0.3) is 0 Å². The van der Waals surface area contributed by atoms with Crippen molar-refractivity contribution in [3.63, 3.8) is 0 Å². The van der Waals surface area contributed by atoms with Gasteiger partial charge < -0.3 is 15.7 Å². The largest absolute Gasteiger partial charge is 0.481 e. The fourth-order valence-electron chi connectivity index (χ4n) is 1.85. The van der Waals surface area contributed by atoms with E-state index in [1.165, 1.54) is 6.92 Å². The molecule has 0 bridgehead atoms. The van der Waals surface area contributed by atoms with E-state index in [1.54, 1.807) is 7.05 Å². The molecule has 21 heavy (non-hydrogen) atoms. The zero-order valence-electron chi connectivity index (χ0n) is 12.8. The summed E-state index contributed by atoms with van der Waals surface area (Å²) in [6, 6.07) is -1.55. The summed E-state index contributed by atoms with van der Waals surface area (Å²) in [5.74, 6) is -1.83. The first-order chi connectivity index (χ1) is 9.81. The third-order valence-electron chi connectivity index (χ3n) is 3.08. The van der Waals surface area contributed by atoms with Gasteiger partial charge in [-0.3, -0.25) is 19.2 Å². The number of hydrogen-bond acceptors (Lipinski definition) is 5. The number of carbonyl (C=O) groups is 4. The zero-order chi connectivity index (χ0) is 16.4. The van der Waals surface area contributed by atoms with Gasteiger partial charge in [0.15, 0.2) is 5.78 Å². The van der Waals surface area contributed by atoms with Crippen LogP contribution in [0.1, 0.15) is 46.0 Å². The van der Waals surface area contributed by atoms with Crippen molar-refractivity contribution in [1.82, 2.24) is 10.6 Å². The number of hydrogen-bond donors (Lipinski definition) is 3. The lowest BCUT2D eigenvalue weighted by molar-refractivity contribution is -0.137. The first kappa shape index (κ1) is 19.2. The van der Waals surface area contributed by atoms with E-state index >= 15 is 0 Å². The fraction of sp³-hybridized carbons (Fsp3) is 0.714. The molecule has 0 rings (SSSR count). The molecule has 1 amide bonds. The lowest BCUT2D eigenvalue weighted by Crippen LogP contribution is -2.49. The highest BCUT2D eigenvalue weighted by Crippen LogP contribution is 2.03. The van der Waals surface area contributed by atoms with Crippen LogP contribution in [-0.2, 0) is 19.2 Å². The molecule has 0 aromatic carbocycles. The standard InChI is InChI=1S/C14H24N2O5/c1-4-5-10(18)8-12(15-3)14(21)16-11(9(2)17)6-7-13(19)20/h11-12,15H,4-8H2,1-3H3,(H,16,21)(H,19,20). The maximum atomic E-state index is 12.0. The normalized spacial score (nSPS) is 13.3. The molecule has 0 spiro atoms. The van der Waals surface area contributed by atoms with Gasteiger partial charge in [0.05, 0.1) is 12.1 Å². The predicted molar refractivity (Wildman–Crippen MR) is 76.9 cm³/mol. The third kappa shape index (κ3) is 8.19. The number of carbonyl (C=O) groups excluding carboxylic acids is 3. The van der Waals surface area contributed by atoms with E-state index < -0.39 is 24.0 Å². The number of carboxylic acid groups (broad SMARTS) is 1. The molecule has 7 heteroatoms. The van der Waals surface area contributed by atoms with Crippen LogP contribution in [0.5, 0.6) is 0 Å². The van der Waals surface area contributed by atoms with E-state index in [9.17, 15) is 19.2 Å². The Labute approximate surface area is 124 Å². The Morgan fingerprint density at radius 2 is 1.71 bits per heavy atom. The van der Waals surface area contributed by atoms with Gasteiger partial charge in [-0.15, -0.1) is 0 Å². The van der Waals surface area contributed by atoms with Crippen LogP contribution < -0.4 is 10.6 Å². The van der Waals surface area contributed by atoms with Gasteiger partial charge in [-0.05, 0) is 26.8 Å². The Balaban J connectivity index is 4.59. The Morgan fingerprint density at radius 1 is 1.10 bits per heavy atom. The average molecular weight is 300 g/mol. The van der Waals surface area contributed by atoms with Crippen molar-refractivity contribution in [3.8, 4) is 0 Å². The van der Waals surface area contributed by atoms with Crippen molar-refractivity contribution in [1.29, 1.82) is 0 Å². The van der Waals surface area contributed by atoms with E-state index in [2.05, 4.69) is 10.6 Å². The third-order valence-corrected chi connectivity index (χ3v) is 3.08. The molecule has 120 valence electrons. The van der Waals surface area contributed by atoms with Gasteiger partial charge in [0.2, 0.25) is 5.91 Å². The molecule has 0 aliphatic heterocycles. The molecule has 0 heterocycles. The molecule has 2 unspecified atom stereocenters. The van der Waals surface area contributed by atoms with Crippen LogP contribution in [-0.4, -0.2) is 47.7 Å². The summed E-state index contributed by atoms with van der Waals surface area (Å²) < 4.78 is 0. The molecule has 0 fully saturated rings. The SMILES string of the molecule is CCCC(=O)CC(NC)C(=O)NC(CCC(=O)O)C(C)=O. The molecule has 0 aliphatic rings. The second-order valence-electron chi connectivity index (χ2n) is 4.94. The van der Waals surface area contributed by atoms with Gasteiger partial charge in [0.1, 0.15) is 5.78 Å². The minimum atomic E-state index is -1.03. The number of carboxylic acids is 1. The first-order valence-corrected chi connectivity index (χ1v) is 7.03. The predicted octanol–water partition coefficient (Wildman–Crippen LogP) is 0.272. The second-order valence-corrected chi connectivity index (χ2v) is 4.94. The molecule has 0 saturated heterocycles. The Morgan fingerprint density at radius 3 is 2.14 bits per heavy atom. The molecule has 0 saturated carbocycles. The summed E-state index contributed by atoms with van der Waals surface area (Å²) >= 11 is 0. The van der Waals surface area contributed by atoms with Gasteiger partial charge in [0, 0.05) is 19.3 Å². The van der Waals surface area contributed by atoms with Crippen molar-refractivity contribution >= 4 is 23.4 Å². The lowest BCUT2D eigenvalue weighted by atomic mass is 10.0. The van der Waals surface area contributed by atoms with Crippen LogP contribution >= 0.6 is 0 Å². The molecule has 0 aromatic rings. The number of aliphatic carboxylic acids is 1. The van der Waals surface area contributed by atoms with Crippen LogP contribution in [0, 0.1) is 0 Å². The van der Waals surface area contributed by atoms with Crippen molar-refractivity contribution in [2.75, 3.05) is 7.05 Å². The number of likely N-dealkylation sites (N-methyl/N-ethyl adjacent to an activating group) is 1. The number of ketones is 2. The maximum absolute atomic E-state index is 12.0. The summed E-state index contributed by atoms with van der Waals surface area (Å²) in [5.41, 5.74) is 0. The van der Waals surface area contributed by atoms with Crippen LogP contribution in [0.4, 0.5) is 0 Å². The van der Waals surface area contributed by atoms with E-state index in [1.807, 2.05) is 6.92 Å². The smallest absolute Gasteiger partial charge is 0.303 e. The molecule has 3 N–H and O–H groups in total. The maximum Gasteiger partial charge on any atom is 0.303 e. The quantitative estimate of drug-likeness (QED) is 0.505. The summed E-state index contributed by atoms with van der Waals surface area (Å²) in [4.78, 5) is 45.6. The number of rotatable bonds is 11. The van der Waals surface area contributed by atoms with Crippen molar-refractivity contribution in [2.24, 2.45) is 0 Å². The highest BCUT2D eigenvalue weighted by Gasteiger charge is 2.24. The average Bonchev–Trinajstić information content (AvgIpc) is 2.40. The Hall–Kier alpha value is -1.76. The lowest BCUT2D eigenvalue weighted by Gasteiger charge is -2.20. The topological polar surface area (TPSA) is 113 Å². The van der Waals surface area contributed by atoms with Crippen LogP contribution in [0.2, 0.25) is 0 Å². The highest BCUT2D eigenvalue weighted by atomic mass is 16.4. The molecular formula is C14H24N2O5. The van der Waals surface area contributed by atoms with E-state index in [0.29, 0.717) is 12.8 Å². The minimum Gasteiger partial charge on any atom is -0.481 e. The summed E-state index contributed by atoms with van der Waals surface area (Å²) in [7, 11) is 1.56. The van der Waals surface area contributed by atoms with Crippen molar-refractivity contribution < 1.29 is 24.3 Å². The molecular weight excluding hydrogens is 276 g/mol. The number of nitrogens with one attached hydrogen (secondary N) is 2. The van der Waals surface area contributed by atoms with Crippen molar-refractivity contribution in [3.05, 3.63) is 0 Å². The monoisotopic (exact) mass is 300 g/mol. The highest BCUT2D eigenvalue weighted by molar-refractivity contribution is 5.92. The molecule has 0 aliphatic carbocycles. The Bertz CT molecular complexity index is 395. The number of Topliss-reactive ketones (excluding diaryl/α,β-unsaturated/α-hetero) is 2. The first-order valence-electron chi connectivity index (χ1n) is 7.03. The van der Waals surface area contributed by atoms with Gasteiger partial charge in [-0.2, -0.15) is 0 Å². The van der Waals surface area contributed by atoms with E-state index in [4.69, 9.17) is 5.11 Å². The summed E-state index contributed by atoms with van der Waals surface area (Å²) in [6.45, 7) is 3.17. The molecule has 0 radical (unpaired) electrons. The second kappa shape index (κ2) is 10.0. The summed E-state index contributed by atoms with van der Waals surface area (Å²) in [5, 5.41) is 13.9. The van der Waals surface area contributed by atoms with Gasteiger partial charge in [-0.25, -0.2) is 0 Å². The van der Waals surface area contributed by atoms with Crippen LogP contribution in [0.15, 0.2) is 0 Å². The van der Waals surface area contributed by atoms with Crippen molar-refractivity contribution in [2.45, 2.75) is 58.0 Å². The van der Waals surface area contributed by atoms with Crippen LogP contribution in [0.3, 0.4) is 0 Å². The summed E-state index contributed by atoms with van der Waals surface area (Å²) in [6.07, 6.45) is 1.01. The molecule has 0 aromatic heterocycles. The van der Waals surface area contributed by atoms with Gasteiger partial charge in [-0.1, -0.05) is 6.92 Å². The van der Waals surface area contributed by atoms with Crippen LogP contribution in [0.25, 0.3) is 0 Å². The molecule has 7 nitrogen and oxygen atoms in total. The van der Waals surface area contributed by atoms with Gasteiger partial charge >= 0.3 is 5.97 Å². The molecule has 2 atom stereocenters. The zero-order valence-corrected chi connectivity index (χ0v) is 12.8. The van der Waals surface area contributed by atoms with E-state index in [0.717, 1.165) is 0 Å². The van der Waals surface area contributed by atoms with E-state index in [-0.39, 0.29) is 30.8 Å². The number of amides is 1. The minimum absolute atomic E-state index is 0.0306.